The molecule has 0 spiro atoms. The van der Waals surface area contributed by atoms with Gasteiger partial charge in [0.05, 0.1) is 0 Å². The van der Waals surface area contributed by atoms with Gasteiger partial charge in [-0.2, -0.15) is 0 Å². The molecule has 0 saturated heterocycles. The van der Waals surface area contributed by atoms with Gasteiger partial charge in [0.25, 0.3) is 0 Å². The van der Waals surface area contributed by atoms with Gasteiger partial charge in [-0.05, 0) is 63.4 Å². The number of nitrogens with zero attached hydrogens (tertiary/aromatic N) is 3. The van der Waals surface area contributed by atoms with Crippen molar-refractivity contribution in [3.8, 4) is 11.4 Å². The maximum Gasteiger partial charge on any atom is 0.160 e. The predicted octanol–water partition coefficient (Wildman–Crippen LogP) is 3.76. The molecule has 0 aliphatic heterocycles. The molecule has 0 aliphatic carbocycles. The largest absolute Gasteiger partial charge is 0.324 e. The van der Waals surface area contributed by atoms with Gasteiger partial charge in [0.2, 0.25) is 0 Å². The van der Waals surface area contributed by atoms with Gasteiger partial charge in [-0.1, -0.05) is 12.1 Å². The van der Waals surface area contributed by atoms with Crippen LogP contribution in [0.5, 0.6) is 0 Å². The van der Waals surface area contributed by atoms with E-state index >= 15 is 0 Å². The van der Waals surface area contributed by atoms with E-state index in [0.29, 0.717) is 6.54 Å². The number of benzene rings is 1. The van der Waals surface area contributed by atoms with Gasteiger partial charge in [-0.25, -0.2) is 9.97 Å². The van der Waals surface area contributed by atoms with E-state index in [0.717, 1.165) is 28.1 Å². The fourth-order valence-electron chi connectivity index (χ4n) is 2.77. The summed E-state index contributed by atoms with van der Waals surface area (Å²) in [6.45, 7) is 11.0. The number of aryl methyl sites for hydroxylation is 3. The summed E-state index contributed by atoms with van der Waals surface area (Å²) in [6.07, 6.45) is 1.88. The highest BCUT2D eigenvalue weighted by Crippen LogP contribution is 2.27. The normalized spacial score (nSPS) is 12.1. The number of pyridine rings is 1. The standard InChI is InChI=1S/C19H24N4/c1-12-8-16-18(21-10-12)23(11-19(4,5)20)17(22-16)15-7-6-13(2)14(3)9-15/h6-10H,11,20H2,1-5H3. The maximum absolute atomic E-state index is 6.27. The van der Waals surface area contributed by atoms with Crippen LogP contribution in [0.15, 0.2) is 30.5 Å². The molecule has 1 aromatic carbocycles. The van der Waals surface area contributed by atoms with Crippen molar-refractivity contribution in [1.29, 1.82) is 0 Å². The SMILES string of the molecule is Cc1cnc2c(c1)nc(-c1ccc(C)c(C)c1)n2CC(C)(C)N. The van der Waals surface area contributed by atoms with Crippen molar-refractivity contribution < 1.29 is 0 Å². The first-order chi connectivity index (χ1) is 10.7. The summed E-state index contributed by atoms with van der Waals surface area (Å²) in [5.41, 5.74) is 12.5. The highest BCUT2D eigenvalue weighted by molar-refractivity contribution is 5.78. The number of nitrogens with two attached hydrogens (primary N) is 1. The first-order valence-corrected chi connectivity index (χ1v) is 7.94. The summed E-state index contributed by atoms with van der Waals surface area (Å²) < 4.78 is 2.14. The highest BCUT2D eigenvalue weighted by Gasteiger charge is 2.20. The van der Waals surface area contributed by atoms with Crippen LogP contribution in [0.3, 0.4) is 0 Å². The number of rotatable bonds is 3. The van der Waals surface area contributed by atoms with Crippen LogP contribution >= 0.6 is 0 Å². The Morgan fingerprint density at radius 2 is 1.83 bits per heavy atom. The lowest BCUT2D eigenvalue weighted by Gasteiger charge is -2.21. The molecule has 120 valence electrons. The number of aromatic nitrogens is 3. The number of fused-ring (bicyclic) bond motifs is 1. The summed E-state index contributed by atoms with van der Waals surface area (Å²) in [5.74, 6) is 0.930. The molecular weight excluding hydrogens is 284 g/mol. The summed E-state index contributed by atoms with van der Waals surface area (Å²) in [5, 5.41) is 0. The van der Waals surface area contributed by atoms with Gasteiger partial charge in [0.1, 0.15) is 11.3 Å². The monoisotopic (exact) mass is 308 g/mol. The molecular formula is C19H24N4. The Balaban J connectivity index is 2.25. The molecule has 3 rings (SSSR count). The third kappa shape index (κ3) is 3.13. The summed E-state index contributed by atoms with van der Waals surface area (Å²) in [4.78, 5) is 9.44. The van der Waals surface area contributed by atoms with Gasteiger partial charge in [0.15, 0.2) is 5.65 Å². The Morgan fingerprint density at radius 3 is 2.48 bits per heavy atom. The molecule has 2 heterocycles. The van der Waals surface area contributed by atoms with E-state index in [1.165, 1.54) is 11.1 Å². The van der Waals surface area contributed by atoms with E-state index in [9.17, 15) is 0 Å². The molecule has 0 bridgehead atoms. The van der Waals surface area contributed by atoms with Gasteiger partial charge in [-0.15, -0.1) is 0 Å². The van der Waals surface area contributed by atoms with Crippen molar-refractivity contribution >= 4 is 11.2 Å². The third-order valence-corrected chi connectivity index (χ3v) is 4.05. The van der Waals surface area contributed by atoms with Gasteiger partial charge in [-0.3, -0.25) is 0 Å². The van der Waals surface area contributed by atoms with Crippen LogP contribution in [-0.2, 0) is 6.54 Å². The predicted molar refractivity (Wildman–Crippen MR) is 95.4 cm³/mol. The van der Waals surface area contributed by atoms with E-state index in [2.05, 4.69) is 47.7 Å². The second kappa shape index (κ2) is 5.46. The average molecular weight is 308 g/mol. The quantitative estimate of drug-likeness (QED) is 0.801. The van der Waals surface area contributed by atoms with E-state index in [-0.39, 0.29) is 5.54 Å². The minimum atomic E-state index is -0.339. The molecule has 0 unspecified atom stereocenters. The van der Waals surface area contributed by atoms with Gasteiger partial charge < -0.3 is 10.3 Å². The lowest BCUT2D eigenvalue weighted by Crippen LogP contribution is -2.37. The first kappa shape index (κ1) is 15.7. The number of imidazole rings is 1. The third-order valence-electron chi connectivity index (χ3n) is 4.05. The molecule has 2 aromatic heterocycles. The zero-order chi connectivity index (χ0) is 16.8. The molecule has 4 heteroatoms. The minimum Gasteiger partial charge on any atom is -0.324 e. The molecule has 4 nitrogen and oxygen atoms in total. The molecule has 3 aromatic rings. The molecule has 0 aliphatic rings. The number of hydrogen-bond acceptors (Lipinski definition) is 3. The molecule has 23 heavy (non-hydrogen) atoms. The van der Waals surface area contributed by atoms with Crippen molar-refractivity contribution in [1.82, 2.24) is 14.5 Å². The molecule has 0 fully saturated rings. The topological polar surface area (TPSA) is 56.7 Å². The maximum atomic E-state index is 6.27. The van der Waals surface area contributed by atoms with Crippen LogP contribution in [0.25, 0.3) is 22.6 Å². The minimum absolute atomic E-state index is 0.339. The van der Waals surface area contributed by atoms with Crippen molar-refractivity contribution in [2.24, 2.45) is 5.73 Å². The summed E-state index contributed by atoms with van der Waals surface area (Å²) >= 11 is 0. The Hall–Kier alpha value is -2.20. The van der Waals surface area contributed by atoms with Crippen molar-refractivity contribution in [2.75, 3.05) is 0 Å². The van der Waals surface area contributed by atoms with E-state index in [4.69, 9.17) is 10.7 Å². The Morgan fingerprint density at radius 1 is 1.09 bits per heavy atom. The Kier molecular flexibility index (Phi) is 3.72. The van der Waals surface area contributed by atoms with Crippen LogP contribution in [0.4, 0.5) is 0 Å². The lowest BCUT2D eigenvalue weighted by molar-refractivity contribution is 0.441. The second-order valence-electron chi connectivity index (χ2n) is 7.16. The van der Waals surface area contributed by atoms with Crippen LogP contribution in [0, 0.1) is 20.8 Å². The second-order valence-corrected chi connectivity index (χ2v) is 7.16. The number of hydrogen-bond donors (Lipinski definition) is 1. The molecule has 0 amide bonds. The molecule has 0 radical (unpaired) electrons. The average Bonchev–Trinajstić information content (AvgIpc) is 2.78. The van der Waals surface area contributed by atoms with Crippen LogP contribution < -0.4 is 5.73 Å². The van der Waals surface area contributed by atoms with Crippen molar-refractivity contribution in [3.05, 3.63) is 47.2 Å². The molecule has 0 saturated carbocycles. The van der Waals surface area contributed by atoms with E-state index in [1.807, 2.05) is 27.0 Å². The zero-order valence-electron chi connectivity index (χ0n) is 14.5. The van der Waals surface area contributed by atoms with E-state index in [1.54, 1.807) is 0 Å². The van der Waals surface area contributed by atoms with Crippen LogP contribution in [-0.4, -0.2) is 20.1 Å². The van der Waals surface area contributed by atoms with Gasteiger partial charge >= 0.3 is 0 Å². The lowest BCUT2D eigenvalue weighted by atomic mass is 10.0. The van der Waals surface area contributed by atoms with Crippen molar-refractivity contribution in [3.63, 3.8) is 0 Å². The summed E-state index contributed by atoms with van der Waals surface area (Å²) in [6, 6.07) is 8.52. The van der Waals surface area contributed by atoms with Gasteiger partial charge in [0, 0.05) is 23.8 Å². The van der Waals surface area contributed by atoms with Crippen LogP contribution in [0.1, 0.15) is 30.5 Å². The van der Waals surface area contributed by atoms with Crippen LogP contribution in [0.2, 0.25) is 0 Å². The Bertz CT molecular complexity index is 869. The molecule has 2 N–H and O–H groups in total. The smallest absolute Gasteiger partial charge is 0.160 e. The summed E-state index contributed by atoms with van der Waals surface area (Å²) in [7, 11) is 0. The highest BCUT2D eigenvalue weighted by atomic mass is 15.1. The zero-order valence-corrected chi connectivity index (χ0v) is 14.5. The fraction of sp³-hybridized carbons (Fsp3) is 0.368. The fourth-order valence-corrected chi connectivity index (χ4v) is 2.77. The van der Waals surface area contributed by atoms with E-state index < -0.39 is 0 Å². The van der Waals surface area contributed by atoms with Crippen molar-refractivity contribution in [2.45, 2.75) is 46.7 Å². The Labute approximate surface area is 137 Å². The molecule has 0 atom stereocenters. The first-order valence-electron chi connectivity index (χ1n) is 7.94.